The molecule has 4 nitrogen and oxygen atoms in total. The fourth-order valence-corrected chi connectivity index (χ4v) is 3.61. The minimum Gasteiger partial charge on any atom is -0.356 e. The molecule has 0 aromatic heterocycles. The van der Waals surface area contributed by atoms with E-state index in [9.17, 15) is 0 Å². The first-order chi connectivity index (χ1) is 10.8. The third-order valence-electron chi connectivity index (χ3n) is 5.01. The van der Waals surface area contributed by atoms with Gasteiger partial charge in [0, 0.05) is 33.2 Å². The van der Waals surface area contributed by atoms with Crippen LogP contribution in [0.2, 0.25) is 0 Å². The molecule has 0 amide bonds. The third-order valence-corrected chi connectivity index (χ3v) is 5.01. The normalized spacial score (nSPS) is 22.7. The molecule has 120 valence electrons. The number of aliphatic imine (C=N–C) groups is 1. The highest BCUT2D eigenvalue weighted by atomic mass is 15.3. The third kappa shape index (κ3) is 3.43. The monoisotopic (exact) mass is 300 g/mol. The van der Waals surface area contributed by atoms with E-state index in [1.165, 1.54) is 37.2 Å². The first kappa shape index (κ1) is 15.3. The number of hydrogen-bond acceptors (Lipinski definition) is 2. The summed E-state index contributed by atoms with van der Waals surface area (Å²) < 4.78 is 0. The van der Waals surface area contributed by atoms with Crippen molar-refractivity contribution < 1.29 is 0 Å². The summed E-state index contributed by atoms with van der Waals surface area (Å²) in [7, 11) is 1.90. The summed E-state index contributed by atoms with van der Waals surface area (Å²) in [6.45, 7) is 8.97. The molecule has 1 N–H and O–H groups in total. The van der Waals surface area contributed by atoms with E-state index >= 15 is 0 Å². The molecule has 4 heteroatoms. The Hall–Kier alpha value is -1.55. The van der Waals surface area contributed by atoms with Gasteiger partial charge in [0.25, 0.3) is 0 Å². The quantitative estimate of drug-likeness (QED) is 0.684. The molecule has 3 rings (SSSR count). The molecule has 2 aliphatic heterocycles. The first-order valence-corrected chi connectivity index (χ1v) is 8.55. The zero-order chi connectivity index (χ0) is 15.4. The number of fused-ring (bicyclic) bond motifs is 1. The van der Waals surface area contributed by atoms with Crippen LogP contribution >= 0.6 is 0 Å². The Morgan fingerprint density at radius 2 is 2.09 bits per heavy atom. The maximum atomic E-state index is 4.50. The average molecular weight is 300 g/mol. The van der Waals surface area contributed by atoms with Crippen LogP contribution in [0.3, 0.4) is 0 Å². The van der Waals surface area contributed by atoms with Gasteiger partial charge in [0.15, 0.2) is 5.96 Å². The number of guanidine groups is 1. The van der Waals surface area contributed by atoms with E-state index in [-0.39, 0.29) is 0 Å². The SMILES string of the molecule is CCN1CCC(CNC(=NC)N2CCc3ccccc3C2)C1. The molecule has 1 saturated heterocycles. The van der Waals surface area contributed by atoms with Crippen LogP contribution in [0.5, 0.6) is 0 Å². The number of likely N-dealkylation sites (tertiary alicyclic amines) is 1. The van der Waals surface area contributed by atoms with E-state index in [2.05, 4.69) is 51.3 Å². The highest BCUT2D eigenvalue weighted by Crippen LogP contribution is 2.19. The summed E-state index contributed by atoms with van der Waals surface area (Å²) in [5, 5.41) is 3.61. The maximum Gasteiger partial charge on any atom is 0.193 e. The minimum atomic E-state index is 0.758. The lowest BCUT2D eigenvalue weighted by atomic mass is 10.0. The molecular weight excluding hydrogens is 272 g/mol. The lowest BCUT2D eigenvalue weighted by molar-refractivity contribution is 0.338. The lowest BCUT2D eigenvalue weighted by Gasteiger charge is -2.32. The fourth-order valence-electron chi connectivity index (χ4n) is 3.61. The first-order valence-electron chi connectivity index (χ1n) is 8.55. The second-order valence-electron chi connectivity index (χ2n) is 6.42. The number of nitrogens with one attached hydrogen (secondary N) is 1. The van der Waals surface area contributed by atoms with Crippen molar-refractivity contribution in [2.75, 3.05) is 39.8 Å². The van der Waals surface area contributed by atoms with Crippen LogP contribution in [-0.4, -0.2) is 55.5 Å². The number of nitrogens with zero attached hydrogens (tertiary/aromatic N) is 3. The van der Waals surface area contributed by atoms with Crippen molar-refractivity contribution in [3.63, 3.8) is 0 Å². The van der Waals surface area contributed by atoms with Gasteiger partial charge in [-0.25, -0.2) is 0 Å². The summed E-state index contributed by atoms with van der Waals surface area (Å²) >= 11 is 0. The zero-order valence-corrected chi connectivity index (χ0v) is 13.9. The molecule has 22 heavy (non-hydrogen) atoms. The second-order valence-corrected chi connectivity index (χ2v) is 6.42. The van der Waals surface area contributed by atoms with Crippen molar-refractivity contribution in [2.45, 2.75) is 26.3 Å². The van der Waals surface area contributed by atoms with E-state index in [1.54, 1.807) is 0 Å². The van der Waals surface area contributed by atoms with Crippen molar-refractivity contribution in [1.82, 2.24) is 15.1 Å². The van der Waals surface area contributed by atoms with E-state index in [4.69, 9.17) is 0 Å². The standard InChI is InChI=1S/C18H28N4/c1-3-21-10-8-15(13-21)12-20-18(19-2)22-11-9-16-6-4-5-7-17(16)14-22/h4-7,15H,3,8-14H2,1-2H3,(H,19,20). The molecule has 0 radical (unpaired) electrons. The molecule has 1 fully saturated rings. The van der Waals surface area contributed by atoms with Gasteiger partial charge in [0.2, 0.25) is 0 Å². The predicted octanol–water partition coefficient (Wildman–Crippen LogP) is 1.96. The molecule has 1 aromatic carbocycles. The van der Waals surface area contributed by atoms with Gasteiger partial charge >= 0.3 is 0 Å². The maximum absolute atomic E-state index is 4.50. The van der Waals surface area contributed by atoms with Crippen LogP contribution in [-0.2, 0) is 13.0 Å². The van der Waals surface area contributed by atoms with Crippen LogP contribution in [0.1, 0.15) is 24.5 Å². The molecule has 2 aliphatic rings. The molecule has 0 bridgehead atoms. The number of rotatable bonds is 3. The van der Waals surface area contributed by atoms with Crippen LogP contribution in [0, 0.1) is 5.92 Å². The lowest BCUT2D eigenvalue weighted by Crippen LogP contribution is -2.45. The number of benzene rings is 1. The number of hydrogen-bond donors (Lipinski definition) is 1. The smallest absolute Gasteiger partial charge is 0.193 e. The Labute approximate surface area is 134 Å². The van der Waals surface area contributed by atoms with Gasteiger partial charge in [-0.3, -0.25) is 4.99 Å². The van der Waals surface area contributed by atoms with Gasteiger partial charge in [-0.2, -0.15) is 0 Å². The second kappa shape index (κ2) is 7.14. The van der Waals surface area contributed by atoms with Gasteiger partial charge in [-0.05, 0) is 43.0 Å². The molecular formula is C18H28N4. The van der Waals surface area contributed by atoms with Crippen LogP contribution in [0.4, 0.5) is 0 Å². The molecule has 0 aliphatic carbocycles. The Morgan fingerprint density at radius 1 is 1.27 bits per heavy atom. The van der Waals surface area contributed by atoms with Crippen LogP contribution < -0.4 is 5.32 Å². The molecule has 0 spiro atoms. The highest BCUT2D eigenvalue weighted by Gasteiger charge is 2.23. The average Bonchev–Trinajstić information content (AvgIpc) is 3.03. The zero-order valence-electron chi connectivity index (χ0n) is 13.9. The molecule has 1 unspecified atom stereocenters. The van der Waals surface area contributed by atoms with E-state index < -0.39 is 0 Å². The van der Waals surface area contributed by atoms with E-state index in [0.717, 1.165) is 37.9 Å². The van der Waals surface area contributed by atoms with Gasteiger partial charge < -0.3 is 15.1 Å². The van der Waals surface area contributed by atoms with Crippen LogP contribution in [0.25, 0.3) is 0 Å². The molecule has 2 heterocycles. The van der Waals surface area contributed by atoms with Crippen LogP contribution in [0.15, 0.2) is 29.3 Å². The van der Waals surface area contributed by atoms with Crippen molar-refractivity contribution >= 4 is 5.96 Å². The summed E-state index contributed by atoms with van der Waals surface area (Å²) in [5.74, 6) is 1.82. The van der Waals surface area contributed by atoms with Crippen molar-refractivity contribution in [2.24, 2.45) is 10.9 Å². The largest absolute Gasteiger partial charge is 0.356 e. The topological polar surface area (TPSA) is 30.9 Å². The Morgan fingerprint density at radius 3 is 2.82 bits per heavy atom. The van der Waals surface area contributed by atoms with E-state index in [1.807, 2.05) is 7.05 Å². The summed E-state index contributed by atoms with van der Waals surface area (Å²) in [6, 6.07) is 8.77. The van der Waals surface area contributed by atoms with Gasteiger partial charge in [0.1, 0.15) is 0 Å². The summed E-state index contributed by atoms with van der Waals surface area (Å²) in [5.41, 5.74) is 2.93. The van der Waals surface area contributed by atoms with E-state index in [0.29, 0.717) is 0 Å². The Kier molecular flexibility index (Phi) is 4.98. The Balaban J connectivity index is 1.55. The predicted molar refractivity (Wildman–Crippen MR) is 92.1 cm³/mol. The van der Waals surface area contributed by atoms with Crippen molar-refractivity contribution in [1.29, 1.82) is 0 Å². The summed E-state index contributed by atoms with van der Waals surface area (Å²) in [6.07, 6.45) is 2.42. The fraction of sp³-hybridized carbons (Fsp3) is 0.611. The molecule has 1 aromatic rings. The van der Waals surface area contributed by atoms with Crippen molar-refractivity contribution in [3.8, 4) is 0 Å². The Bertz CT molecular complexity index is 526. The van der Waals surface area contributed by atoms with Gasteiger partial charge in [0.05, 0.1) is 0 Å². The van der Waals surface area contributed by atoms with Gasteiger partial charge in [-0.1, -0.05) is 31.2 Å². The van der Waals surface area contributed by atoms with Crippen molar-refractivity contribution in [3.05, 3.63) is 35.4 Å². The minimum absolute atomic E-state index is 0.758. The highest BCUT2D eigenvalue weighted by molar-refractivity contribution is 5.80. The summed E-state index contributed by atoms with van der Waals surface area (Å²) in [4.78, 5) is 9.42. The van der Waals surface area contributed by atoms with Gasteiger partial charge in [-0.15, -0.1) is 0 Å². The molecule has 0 saturated carbocycles. The molecule has 1 atom stereocenters.